The van der Waals surface area contributed by atoms with Crippen LogP contribution in [0, 0.1) is 0 Å². The lowest BCUT2D eigenvalue weighted by molar-refractivity contribution is -0.929. The van der Waals surface area contributed by atoms with Crippen LogP contribution in [0.15, 0.2) is 59.1 Å². The normalized spacial score (nSPS) is 15.1. The van der Waals surface area contributed by atoms with Crippen molar-refractivity contribution in [3.05, 3.63) is 70.2 Å². The van der Waals surface area contributed by atoms with Crippen LogP contribution in [-0.4, -0.2) is 43.7 Å². The number of rotatable bonds is 6. The van der Waals surface area contributed by atoms with E-state index in [2.05, 4.69) is 47.5 Å². The molecule has 4 nitrogen and oxygen atoms in total. The van der Waals surface area contributed by atoms with Gasteiger partial charge in [-0.2, -0.15) is 0 Å². The number of quaternary nitrogens is 1. The van der Waals surface area contributed by atoms with Crippen LogP contribution in [-0.2, 0) is 16.1 Å². The second-order valence-electron chi connectivity index (χ2n) is 7.86. The Morgan fingerprint density at radius 2 is 1.90 bits per heavy atom. The van der Waals surface area contributed by atoms with Gasteiger partial charge in [0.25, 0.3) is 0 Å². The minimum Gasteiger partial charge on any atom is -1.00 e. The molecule has 2 aromatic rings. The fourth-order valence-electron chi connectivity index (χ4n) is 3.70. The SMILES string of the molecule is C[N+](C)(Cc1cccc(NC(=O)/C=C/c2cccc(Br)c2)c1)C1CCOCC1.[Cl-]. The monoisotopic (exact) mass is 478 g/mol. The Hall–Kier alpha value is -1.66. The van der Waals surface area contributed by atoms with Gasteiger partial charge in [0, 0.05) is 34.6 Å². The van der Waals surface area contributed by atoms with Crippen LogP contribution in [0.3, 0.4) is 0 Å². The second kappa shape index (κ2) is 10.9. The Balaban J connectivity index is 0.00000300. The van der Waals surface area contributed by atoms with E-state index in [1.54, 1.807) is 6.08 Å². The highest BCUT2D eigenvalue weighted by molar-refractivity contribution is 9.10. The summed E-state index contributed by atoms with van der Waals surface area (Å²) in [5.74, 6) is -0.129. The minimum atomic E-state index is -0.129. The third kappa shape index (κ3) is 7.27. The van der Waals surface area contributed by atoms with Crippen LogP contribution >= 0.6 is 15.9 Å². The van der Waals surface area contributed by atoms with E-state index in [0.717, 1.165) is 52.8 Å². The standard InChI is InChI=1S/C23H27BrN2O2.ClH/c1-26(2,22-11-13-28-14-12-22)17-19-6-4-8-21(16-19)25-23(27)10-9-18-5-3-7-20(24)15-18;/h3-10,15-16,22H,11-14,17H2,1-2H3;1H/b10-9+;. The molecule has 0 bridgehead atoms. The number of benzene rings is 2. The molecule has 1 fully saturated rings. The van der Waals surface area contributed by atoms with Gasteiger partial charge in [-0.3, -0.25) is 4.79 Å². The van der Waals surface area contributed by atoms with E-state index in [0.29, 0.717) is 6.04 Å². The van der Waals surface area contributed by atoms with Gasteiger partial charge >= 0.3 is 0 Å². The summed E-state index contributed by atoms with van der Waals surface area (Å²) in [6.07, 6.45) is 5.58. The lowest BCUT2D eigenvalue weighted by Gasteiger charge is -2.40. The average Bonchev–Trinajstić information content (AvgIpc) is 2.67. The van der Waals surface area contributed by atoms with Crippen molar-refractivity contribution in [2.45, 2.75) is 25.4 Å². The fraction of sp³-hybridized carbons (Fsp3) is 0.348. The van der Waals surface area contributed by atoms with E-state index >= 15 is 0 Å². The Labute approximate surface area is 188 Å². The molecule has 3 rings (SSSR count). The molecule has 6 heteroatoms. The number of nitrogens with zero attached hydrogens (tertiary/aromatic N) is 1. The fourth-order valence-corrected chi connectivity index (χ4v) is 4.11. The van der Waals surface area contributed by atoms with E-state index in [1.165, 1.54) is 5.56 Å². The summed E-state index contributed by atoms with van der Waals surface area (Å²) in [7, 11) is 4.56. The highest BCUT2D eigenvalue weighted by atomic mass is 79.9. The van der Waals surface area contributed by atoms with Gasteiger partial charge in [0.15, 0.2) is 0 Å². The zero-order valence-electron chi connectivity index (χ0n) is 16.9. The highest BCUT2D eigenvalue weighted by Crippen LogP contribution is 2.23. The molecule has 1 aliphatic rings. The number of amides is 1. The maximum Gasteiger partial charge on any atom is 0.248 e. The zero-order chi connectivity index (χ0) is 20.0. The summed E-state index contributed by atoms with van der Waals surface area (Å²) < 4.78 is 7.43. The summed E-state index contributed by atoms with van der Waals surface area (Å²) in [6, 6.07) is 16.6. The summed E-state index contributed by atoms with van der Waals surface area (Å²) in [6.45, 7) is 2.64. The van der Waals surface area contributed by atoms with Gasteiger partial charge < -0.3 is 26.9 Å². The largest absolute Gasteiger partial charge is 1.00 e. The van der Waals surface area contributed by atoms with E-state index in [9.17, 15) is 4.79 Å². The summed E-state index contributed by atoms with van der Waals surface area (Å²) in [5.41, 5.74) is 3.03. The molecule has 0 atom stereocenters. The number of carbonyl (C=O) groups is 1. The molecular weight excluding hydrogens is 452 g/mol. The first kappa shape index (κ1) is 23.6. The van der Waals surface area contributed by atoms with Gasteiger partial charge in [-0.1, -0.05) is 40.2 Å². The topological polar surface area (TPSA) is 38.3 Å². The molecule has 29 heavy (non-hydrogen) atoms. The maximum absolute atomic E-state index is 12.3. The Morgan fingerprint density at radius 3 is 2.62 bits per heavy atom. The van der Waals surface area contributed by atoms with Crippen LogP contribution in [0.2, 0.25) is 0 Å². The van der Waals surface area contributed by atoms with Gasteiger partial charge in [0.2, 0.25) is 5.91 Å². The molecule has 0 aliphatic carbocycles. The van der Waals surface area contributed by atoms with Crippen molar-refractivity contribution in [3.8, 4) is 0 Å². The van der Waals surface area contributed by atoms with Gasteiger partial charge in [-0.25, -0.2) is 0 Å². The van der Waals surface area contributed by atoms with Crippen molar-refractivity contribution in [2.24, 2.45) is 0 Å². The Kier molecular flexibility index (Phi) is 8.90. The van der Waals surface area contributed by atoms with Crippen LogP contribution in [0.1, 0.15) is 24.0 Å². The maximum atomic E-state index is 12.3. The molecule has 1 amide bonds. The van der Waals surface area contributed by atoms with Crippen molar-refractivity contribution < 1.29 is 26.4 Å². The van der Waals surface area contributed by atoms with Gasteiger partial charge in [0.05, 0.1) is 33.4 Å². The van der Waals surface area contributed by atoms with Crippen molar-refractivity contribution in [1.82, 2.24) is 0 Å². The third-order valence-corrected chi connectivity index (χ3v) is 5.73. The molecule has 1 saturated heterocycles. The number of hydrogen-bond acceptors (Lipinski definition) is 2. The third-order valence-electron chi connectivity index (χ3n) is 5.24. The Morgan fingerprint density at radius 1 is 1.17 bits per heavy atom. The van der Waals surface area contributed by atoms with Crippen LogP contribution in [0.25, 0.3) is 6.08 Å². The number of halogens is 2. The van der Waals surface area contributed by atoms with E-state index in [-0.39, 0.29) is 18.3 Å². The molecule has 0 radical (unpaired) electrons. The lowest BCUT2D eigenvalue weighted by atomic mass is 10.0. The van der Waals surface area contributed by atoms with Gasteiger partial charge in [0.1, 0.15) is 6.54 Å². The first-order chi connectivity index (χ1) is 13.4. The number of anilines is 1. The number of ether oxygens (including phenoxy) is 1. The summed E-state index contributed by atoms with van der Waals surface area (Å²) in [4.78, 5) is 12.3. The van der Waals surface area contributed by atoms with Crippen LogP contribution in [0.4, 0.5) is 5.69 Å². The Bertz CT molecular complexity index is 848. The second-order valence-corrected chi connectivity index (χ2v) is 8.77. The number of carbonyl (C=O) groups excluding carboxylic acids is 1. The first-order valence-electron chi connectivity index (χ1n) is 9.66. The zero-order valence-corrected chi connectivity index (χ0v) is 19.2. The molecule has 156 valence electrons. The van der Waals surface area contributed by atoms with Crippen LogP contribution in [0.5, 0.6) is 0 Å². The lowest BCUT2D eigenvalue weighted by Crippen LogP contribution is -3.00. The van der Waals surface area contributed by atoms with Crippen LogP contribution < -0.4 is 17.7 Å². The predicted octanol–water partition coefficient (Wildman–Crippen LogP) is 1.86. The summed E-state index contributed by atoms with van der Waals surface area (Å²) >= 11 is 3.44. The number of nitrogens with one attached hydrogen (secondary N) is 1. The van der Waals surface area contributed by atoms with Gasteiger partial charge in [-0.05, 0) is 35.9 Å². The molecule has 2 aromatic carbocycles. The number of hydrogen-bond donors (Lipinski definition) is 1. The van der Waals surface area contributed by atoms with Crippen molar-refractivity contribution >= 4 is 33.6 Å². The van der Waals surface area contributed by atoms with E-state index in [1.807, 2.05) is 42.5 Å². The molecule has 0 spiro atoms. The molecular formula is C23H28BrClN2O2. The van der Waals surface area contributed by atoms with Gasteiger partial charge in [-0.15, -0.1) is 0 Å². The predicted molar refractivity (Wildman–Crippen MR) is 118 cm³/mol. The van der Waals surface area contributed by atoms with Crippen molar-refractivity contribution in [3.63, 3.8) is 0 Å². The molecule has 0 saturated carbocycles. The molecule has 0 aromatic heterocycles. The van der Waals surface area contributed by atoms with E-state index in [4.69, 9.17) is 4.74 Å². The smallest absolute Gasteiger partial charge is 0.248 e. The molecule has 1 aliphatic heterocycles. The minimum absolute atomic E-state index is 0. The van der Waals surface area contributed by atoms with Crippen molar-refractivity contribution in [1.29, 1.82) is 0 Å². The molecule has 1 heterocycles. The van der Waals surface area contributed by atoms with E-state index < -0.39 is 0 Å². The highest BCUT2D eigenvalue weighted by Gasteiger charge is 2.30. The van der Waals surface area contributed by atoms with Crippen molar-refractivity contribution in [2.75, 3.05) is 32.6 Å². The quantitative estimate of drug-likeness (QED) is 0.507. The molecule has 0 unspecified atom stereocenters. The average molecular weight is 480 g/mol. The first-order valence-corrected chi connectivity index (χ1v) is 10.5. The summed E-state index contributed by atoms with van der Waals surface area (Å²) in [5, 5.41) is 2.97. The molecule has 1 N–H and O–H groups in total.